The van der Waals surface area contributed by atoms with Crippen molar-refractivity contribution in [3.63, 3.8) is 0 Å². The van der Waals surface area contributed by atoms with E-state index in [0.717, 1.165) is 0 Å². The number of benzene rings is 2. The van der Waals surface area contributed by atoms with Crippen LogP contribution in [0.3, 0.4) is 0 Å². The maximum Gasteiger partial charge on any atom is 0.335 e. The highest BCUT2D eigenvalue weighted by atomic mass is 16.6. The van der Waals surface area contributed by atoms with E-state index in [9.17, 15) is 14.4 Å². The van der Waals surface area contributed by atoms with Gasteiger partial charge in [0.2, 0.25) is 0 Å². The summed E-state index contributed by atoms with van der Waals surface area (Å²) in [6, 6.07) is 8.79. The molecule has 0 aliphatic rings. The molecule has 0 aliphatic heterocycles. The first-order chi connectivity index (χ1) is 15.3. The third kappa shape index (κ3) is 7.94. The van der Waals surface area contributed by atoms with Crippen LogP contribution in [-0.4, -0.2) is 49.4 Å². The minimum absolute atomic E-state index is 0.0309. The van der Waals surface area contributed by atoms with E-state index in [1.54, 1.807) is 0 Å². The van der Waals surface area contributed by atoms with Crippen LogP contribution >= 0.6 is 0 Å². The molecule has 0 spiro atoms. The van der Waals surface area contributed by atoms with Gasteiger partial charge in [-0.1, -0.05) is 0 Å². The van der Waals surface area contributed by atoms with Crippen molar-refractivity contribution in [1.82, 2.24) is 0 Å². The second-order valence-electron chi connectivity index (χ2n) is 6.29. The molecule has 11 heteroatoms. The van der Waals surface area contributed by atoms with Gasteiger partial charge in [0.25, 0.3) is 0 Å². The number of carboxylic acid groups (broad SMARTS) is 1. The van der Waals surface area contributed by atoms with Crippen LogP contribution < -0.4 is 15.2 Å². The second kappa shape index (κ2) is 11.9. The lowest BCUT2D eigenvalue weighted by Crippen LogP contribution is -2.11. The molecule has 170 valence electrons. The number of rotatable bonds is 11. The van der Waals surface area contributed by atoms with Gasteiger partial charge in [-0.05, 0) is 24.3 Å². The highest BCUT2D eigenvalue weighted by Gasteiger charge is 2.12. The zero-order valence-electron chi connectivity index (χ0n) is 17.6. The maximum atomic E-state index is 11.0. The smallest absolute Gasteiger partial charge is 0.335 e. The normalized spacial score (nSPS) is 10.6. The Morgan fingerprint density at radius 3 is 1.94 bits per heavy atom. The SMILES string of the molecule is CC(=O)OCCOc1cc(N=Nc2ccc(C(=O)O)cc2)c(OCCOC(C)=O)cc1N. The minimum atomic E-state index is -1.05. The Morgan fingerprint density at radius 2 is 1.41 bits per heavy atom. The van der Waals surface area contributed by atoms with Crippen molar-refractivity contribution >= 4 is 35.0 Å². The highest BCUT2D eigenvalue weighted by molar-refractivity contribution is 5.87. The Balaban J connectivity index is 2.21. The summed E-state index contributed by atoms with van der Waals surface area (Å²) in [7, 11) is 0. The summed E-state index contributed by atoms with van der Waals surface area (Å²) in [5, 5.41) is 17.2. The van der Waals surface area contributed by atoms with Crippen molar-refractivity contribution in [2.24, 2.45) is 10.2 Å². The lowest BCUT2D eigenvalue weighted by atomic mass is 10.2. The molecule has 32 heavy (non-hydrogen) atoms. The van der Waals surface area contributed by atoms with Gasteiger partial charge in [-0.2, -0.15) is 5.11 Å². The molecule has 0 amide bonds. The second-order valence-corrected chi connectivity index (χ2v) is 6.29. The standard InChI is InChI=1S/C21H23N3O8/c1-13(25)29-7-9-31-19-12-18(20(11-17(19)22)32-10-8-30-14(2)26)24-23-16-5-3-15(4-6-16)21(27)28/h3-6,11-12H,7-10,22H2,1-2H3,(H,27,28). The molecule has 2 aromatic carbocycles. The van der Waals surface area contributed by atoms with E-state index in [4.69, 9.17) is 29.8 Å². The fourth-order valence-electron chi connectivity index (χ4n) is 2.34. The first kappa shape index (κ1) is 24.1. The Bertz CT molecular complexity index is 989. The Hall–Kier alpha value is -4.15. The highest BCUT2D eigenvalue weighted by Crippen LogP contribution is 2.37. The topological polar surface area (TPSA) is 159 Å². The number of esters is 2. The van der Waals surface area contributed by atoms with Crippen LogP contribution in [0.1, 0.15) is 24.2 Å². The monoisotopic (exact) mass is 445 g/mol. The van der Waals surface area contributed by atoms with Gasteiger partial charge in [0, 0.05) is 26.0 Å². The molecule has 0 saturated heterocycles. The van der Waals surface area contributed by atoms with Gasteiger partial charge in [0.1, 0.15) is 43.6 Å². The molecule has 0 heterocycles. The van der Waals surface area contributed by atoms with Crippen LogP contribution in [-0.2, 0) is 19.1 Å². The third-order valence-electron chi connectivity index (χ3n) is 3.77. The molecule has 11 nitrogen and oxygen atoms in total. The molecule has 2 aromatic rings. The Morgan fingerprint density at radius 1 is 0.844 bits per heavy atom. The fraction of sp³-hybridized carbons (Fsp3) is 0.286. The fourth-order valence-corrected chi connectivity index (χ4v) is 2.34. The van der Waals surface area contributed by atoms with Gasteiger partial charge in [0.05, 0.1) is 16.9 Å². The molecule has 3 N–H and O–H groups in total. The predicted molar refractivity (Wildman–Crippen MR) is 113 cm³/mol. The van der Waals surface area contributed by atoms with Crippen LogP contribution in [0.5, 0.6) is 11.5 Å². The van der Waals surface area contributed by atoms with Gasteiger partial charge < -0.3 is 29.8 Å². The molecule has 0 atom stereocenters. The quantitative estimate of drug-likeness (QED) is 0.229. The molecular formula is C21H23N3O8. The summed E-state index contributed by atoms with van der Waals surface area (Å²) in [6.07, 6.45) is 0. The van der Waals surface area contributed by atoms with Gasteiger partial charge in [-0.25, -0.2) is 4.79 Å². The molecule has 2 rings (SSSR count). The van der Waals surface area contributed by atoms with Crippen molar-refractivity contribution in [1.29, 1.82) is 0 Å². The van der Waals surface area contributed by atoms with Crippen molar-refractivity contribution in [3.8, 4) is 11.5 Å². The van der Waals surface area contributed by atoms with Crippen molar-refractivity contribution in [2.75, 3.05) is 32.2 Å². The zero-order chi connectivity index (χ0) is 23.5. The first-order valence-corrected chi connectivity index (χ1v) is 9.47. The van der Waals surface area contributed by atoms with Crippen LogP contribution in [0.4, 0.5) is 17.1 Å². The molecular weight excluding hydrogens is 422 g/mol. The summed E-state index contributed by atoms with van der Waals surface area (Å²) in [6.45, 7) is 2.78. The van der Waals surface area contributed by atoms with E-state index in [1.165, 1.54) is 50.2 Å². The summed E-state index contributed by atoms with van der Waals surface area (Å²) < 4.78 is 20.8. The lowest BCUT2D eigenvalue weighted by Gasteiger charge is -2.13. The van der Waals surface area contributed by atoms with Crippen LogP contribution in [0.25, 0.3) is 0 Å². The molecule has 0 unspecified atom stereocenters. The molecule has 0 aliphatic carbocycles. The lowest BCUT2D eigenvalue weighted by molar-refractivity contribution is -0.142. The minimum Gasteiger partial charge on any atom is -0.488 e. The van der Waals surface area contributed by atoms with Gasteiger partial charge in [0.15, 0.2) is 0 Å². The number of nitrogens with two attached hydrogens (primary N) is 1. The molecule has 0 bridgehead atoms. The number of azo groups is 1. The number of carboxylic acids is 1. The number of anilines is 1. The van der Waals surface area contributed by atoms with Crippen molar-refractivity contribution in [3.05, 3.63) is 42.0 Å². The summed E-state index contributed by atoms with van der Waals surface area (Å²) in [5.41, 5.74) is 7.06. The third-order valence-corrected chi connectivity index (χ3v) is 3.77. The number of ether oxygens (including phenoxy) is 4. The molecule has 0 saturated carbocycles. The predicted octanol–water partition coefficient (Wildman–Crippen LogP) is 3.27. The maximum absolute atomic E-state index is 11.0. The number of hydrogen-bond donors (Lipinski definition) is 2. The van der Waals surface area contributed by atoms with E-state index >= 15 is 0 Å². The average molecular weight is 445 g/mol. The molecule has 0 aromatic heterocycles. The van der Waals surface area contributed by atoms with Crippen LogP contribution in [0, 0.1) is 0 Å². The zero-order valence-corrected chi connectivity index (χ0v) is 17.6. The summed E-state index contributed by atoms with van der Waals surface area (Å²) >= 11 is 0. The number of nitrogen functional groups attached to an aromatic ring is 1. The van der Waals surface area contributed by atoms with E-state index in [-0.39, 0.29) is 54.9 Å². The van der Waals surface area contributed by atoms with Gasteiger partial charge in [-0.15, -0.1) is 5.11 Å². The van der Waals surface area contributed by atoms with Gasteiger partial charge in [-0.3, -0.25) is 9.59 Å². The summed E-state index contributed by atoms with van der Waals surface area (Å²) in [5.74, 6) is -1.37. The summed E-state index contributed by atoms with van der Waals surface area (Å²) in [4.78, 5) is 32.7. The molecule has 0 fully saturated rings. The number of carbonyl (C=O) groups is 3. The largest absolute Gasteiger partial charge is 0.488 e. The van der Waals surface area contributed by atoms with Crippen LogP contribution in [0.2, 0.25) is 0 Å². The van der Waals surface area contributed by atoms with E-state index in [1.807, 2.05) is 0 Å². The number of nitrogens with zero attached hydrogens (tertiary/aromatic N) is 2. The number of carbonyl (C=O) groups excluding carboxylic acids is 2. The van der Waals surface area contributed by atoms with Gasteiger partial charge >= 0.3 is 17.9 Å². The van der Waals surface area contributed by atoms with Crippen molar-refractivity contribution < 1.29 is 38.4 Å². The number of aromatic carboxylic acids is 1. The van der Waals surface area contributed by atoms with E-state index in [2.05, 4.69) is 10.2 Å². The molecule has 0 radical (unpaired) electrons. The Kier molecular flexibility index (Phi) is 8.96. The average Bonchev–Trinajstić information content (AvgIpc) is 2.74. The Labute approximate surface area is 183 Å². The first-order valence-electron chi connectivity index (χ1n) is 9.47. The van der Waals surface area contributed by atoms with E-state index in [0.29, 0.717) is 5.69 Å². The number of hydrogen-bond acceptors (Lipinski definition) is 10. The van der Waals surface area contributed by atoms with Crippen molar-refractivity contribution in [2.45, 2.75) is 13.8 Å². The van der Waals surface area contributed by atoms with Crippen LogP contribution in [0.15, 0.2) is 46.6 Å². The van der Waals surface area contributed by atoms with E-state index < -0.39 is 17.9 Å².